The number of hydrogen-bond acceptors (Lipinski definition) is 5. The molecule has 0 aliphatic carbocycles. The van der Waals surface area contributed by atoms with Crippen molar-refractivity contribution in [3.05, 3.63) is 142 Å². The molecule has 0 radical (unpaired) electrons. The van der Waals surface area contributed by atoms with E-state index in [4.69, 9.17) is 11.6 Å². The van der Waals surface area contributed by atoms with Gasteiger partial charge in [-0.05, 0) is 35.9 Å². The Labute approximate surface area is 224 Å². The Bertz CT molecular complexity index is 1540. The third kappa shape index (κ3) is 6.43. The number of benzene rings is 3. The summed E-state index contributed by atoms with van der Waals surface area (Å²) in [5.41, 5.74) is 4.13. The van der Waals surface area contributed by atoms with Crippen molar-refractivity contribution in [2.45, 2.75) is 0 Å². The van der Waals surface area contributed by atoms with Crippen molar-refractivity contribution >= 4 is 35.2 Å². The van der Waals surface area contributed by atoms with Crippen molar-refractivity contribution in [3.63, 3.8) is 0 Å². The molecular formula is C29H24ClN5O3. The highest BCUT2D eigenvalue weighted by Crippen LogP contribution is 2.19. The molecule has 0 saturated heterocycles. The number of rotatable bonds is 8. The predicted octanol–water partition coefficient (Wildman–Crippen LogP) is 4.38. The number of hydrazine groups is 1. The molecular weight excluding hydrogens is 502 g/mol. The molecule has 0 atom stereocenters. The highest BCUT2D eigenvalue weighted by Gasteiger charge is 2.19. The quantitative estimate of drug-likeness (QED) is 0.202. The summed E-state index contributed by atoms with van der Waals surface area (Å²) in [4.78, 5) is 38.8. The number of anilines is 1. The number of carbonyl (C=O) groups is 2. The summed E-state index contributed by atoms with van der Waals surface area (Å²) in [6.45, 7) is 0. The number of aromatic nitrogens is 2. The molecule has 9 heteroatoms. The number of halogens is 1. The van der Waals surface area contributed by atoms with Crippen LogP contribution in [0.25, 0.3) is 11.8 Å². The summed E-state index contributed by atoms with van der Waals surface area (Å²) in [5, 5.41) is 7.98. The van der Waals surface area contributed by atoms with Crippen molar-refractivity contribution in [1.29, 1.82) is 0 Å². The molecule has 0 bridgehead atoms. The van der Waals surface area contributed by atoms with Gasteiger partial charge in [-0.15, -0.1) is 0 Å². The summed E-state index contributed by atoms with van der Waals surface area (Å²) in [6.07, 6.45) is 6.32. The first-order valence-corrected chi connectivity index (χ1v) is 12.0. The number of amides is 2. The summed E-state index contributed by atoms with van der Waals surface area (Å²) in [5.74, 6) is -1.08. The first-order valence-electron chi connectivity index (χ1n) is 11.6. The molecule has 2 N–H and O–H groups in total. The highest BCUT2D eigenvalue weighted by atomic mass is 35.5. The smallest absolute Gasteiger partial charge is 0.292 e. The predicted molar refractivity (Wildman–Crippen MR) is 149 cm³/mol. The van der Waals surface area contributed by atoms with Gasteiger partial charge in [-0.25, -0.2) is 0 Å². The number of nitrogens with zero attached hydrogens (tertiary/aromatic N) is 3. The van der Waals surface area contributed by atoms with Gasteiger partial charge in [0.1, 0.15) is 16.4 Å². The minimum Gasteiger partial charge on any atom is -0.317 e. The van der Waals surface area contributed by atoms with Gasteiger partial charge in [0.25, 0.3) is 17.4 Å². The van der Waals surface area contributed by atoms with Crippen LogP contribution in [0.4, 0.5) is 5.69 Å². The van der Waals surface area contributed by atoms with Gasteiger partial charge in [0.15, 0.2) is 0 Å². The lowest BCUT2D eigenvalue weighted by molar-refractivity contribution is -0.117. The monoisotopic (exact) mass is 525 g/mol. The van der Waals surface area contributed by atoms with Gasteiger partial charge in [-0.2, -0.15) is 9.78 Å². The van der Waals surface area contributed by atoms with E-state index in [1.807, 2.05) is 36.4 Å². The molecule has 0 saturated carbocycles. The molecule has 0 aliphatic rings. The van der Waals surface area contributed by atoms with Gasteiger partial charge in [-0.3, -0.25) is 24.8 Å². The summed E-state index contributed by atoms with van der Waals surface area (Å²) < 4.78 is 1.17. The lowest BCUT2D eigenvalue weighted by atomic mass is 10.2. The molecule has 0 aliphatic heterocycles. The third-order valence-electron chi connectivity index (χ3n) is 5.41. The third-order valence-corrected chi connectivity index (χ3v) is 5.77. The fraction of sp³-hybridized carbons (Fsp3) is 0.0345. The van der Waals surface area contributed by atoms with Gasteiger partial charge >= 0.3 is 0 Å². The van der Waals surface area contributed by atoms with Gasteiger partial charge in [0.05, 0.1) is 11.9 Å². The first kappa shape index (κ1) is 26.1. The SMILES string of the molecule is CN(NC(=O)/C(=C/C=C/c1ccccc1)NC(=O)c1ccccc1)c1cnn(-c2ccccc2)c(=O)c1Cl. The maximum Gasteiger partial charge on any atom is 0.292 e. The van der Waals surface area contributed by atoms with E-state index in [2.05, 4.69) is 15.8 Å². The molecule has 2 amide bonds. The molecule has 0 spiro atoms. The Balaban J connectivity index is 1.57. The lowest BCUT2D eigenvalue weighted by Crippen LogP contribution is -2.44. The summed E-state index contributed by atoms with van der Waals surface area (Å²) in [6, 6.07) is 26.9. The Hall–Kier alpha value is -4.95. The number of allylic oxidation sites excluding steroid dienone is 2. The molecule has 0 fully saturated rings. The molecule has 8 nitrogen and oxygen atoms in total. The fourth-order valence-corrected chi connectivity index (χ4v) is 3.72. The standard InChI is InChI=1S/C29H24ClN5O3/c1-34(25-20-31-35(29(38)26(25)30)23-17-9-4-10-18-23)33-28(37)24(19-11-14-21-12-5-2-6-13-21)32-27(36)22-15-7-3-8-16-22/h2-20H,1H3,(H,32,36)(H,33,37)/b14-11+,24-19-. The van der Waals surface area contributed by atoms with E-state index in [0.29, 0.717) is 11.3 Å². The van der Waals surface area contributed by atoms with Crippen LogP contribution in [0.5, 0.6) is 0 Å². The van der Waals surface area contributed by atoms with Crippen LogP contribution in [-0.2, 0) is 4.79 Å². The van der Waals surface area contributed by atoms with E-state index in [9.17, 15) is 14.4 Å². The lowest BCUT2D eigenvalue weighted by Gasteiger charge is -2.22. The van der Waals surface area contributed by atoms with Gasteiger partial charge in [0.2, 0.25) is 0 Å². The molecule has 1 heterocycles. The zero-order chi connectivity index (χ0) is 26.9. The zero-order valence-electron chi connectivity index (χ0n) is 20.4. The van der Waals surface area contributed by atoms with Crippen LogP contribution in [0.1, 0.15) is 15.9 Å². The van der Waals surface area contributed by atoms with Crippen molar-refractivity contribution in [1.82, 2.24) is 20.5 Å². The number of nitrogens with one attached hydrogen (secondary N) is 2. The largest absolute Gasteiger partial charge is 0.317 e. The number of carbonyl (C=O) groups excluding carboxylic acids is 2. The molecule has 38 heavy (non-hydrogen) atoms. The summed E-state index contributed by atoms with van der Waals surface area (Å²) >= 11 is 6.36. The molecule has 1 aromatic heterocycles. The van der Waals surface area contributed by atoms with Crippen LogP contribution in [0.2, 0.25) is 5.02 Å². The van der Waals surface area contributed by atoms with E-state index >= 15 is 0 Å². The number of hydrogen-bond donors (Lipinski definition) is 2. The maximum atomic E-state index is 13.2. The van der Waals surface area contributed by atoms with Gasteiger partial charge in [0, 0.05) is 12.6 Å². The van der Waals surface area contributed by atoms with Crippen LogP contribution in [0.15, 0.2) is 120 Å². The average Bonchev–Trinajstić information content (AvgIpc) is 2.95. The molecule has 0 unspecified atom stereocenters. The molecule has 4 rings (SSSR count). The van der Waals surface area contributed by atoms with Crippen molar-refractivity contribution in [3.8, 4) is 5.69 Å². The zero-order valence-corrected chi connectivity index (χ0v) is 21.2. The van der Waals surface area contributed by atoms with Gasteiger partial charge < -0.3 is 5.32 Å². The van der Waals surface area contributed by atoms with Crippen molar-refractivity contribution in [2.24, 2.45) is 0 Å². The topological polar surface area (TPSA) is 96.3 Å². The summed E-state index contributed by atoms with van der Waals surface area (Å²) in [7, 11) is 1.52. The number of para-hydroxylation sites is 1. The van der Waals surface area contributed by atoms with Crippen LogP contribution in [-0.4, -0.2) is 28.6 Å². The molecule has 4 aromatic rings. The second-order valence-corrected chi connectivity index (χ2v) is 8.44. The second kappa shape index (κ2) is 12.3. The van der Waals surface area contributed by atoms with E-state index in [1.165, 1.54) is 29.0 Å². The van der Waals surface area contributed by atoms with Crippen LogP contribution < -0.4 is 21.3 Å². The Morgan fingerprint density at radius 1 is 0.921 bits per heavy atom. The normalized spacial score (nSPS) is 11.3. The van der Waals surface area contributed by atoms with E-state index in [-0.39, 0.29) is 16.4 Å². The van der Waals surface area contributed by atoms with E-state index in [1.54, 1.807) is 66.7 Å². The van der Waals surface area contributed by atoms with E-state index < -0.39 is 17.4 Å². The first-order chi connectivity index (χ1) is 18.4. The highest BCUT2D eigenvalue weighted by molar-refractivity contribution is 6.33. The second-order valence-electron chi connectivity index (χ2n) is 8.07. The molecule has 190 valence electrons. The van der Waals surface area contributed by atoms with E-state index in [0.717, 1.165) is 5.56 Å². The fourth-order valence-electron chi connectivity index (χ4n) is 3.46. The van der Waals surface area contributed by atoms with Crippen LogP contribution in [0, 0.1) is 0 Å². The van der Waals surface area contributed by atoms with Crippen molar-refractivity contribution in [2.75, 3.05) is 12.1 Å². The van der Waals surface area contributed by atoms with Crippen LogP contribution >= 0.6 is 11.6 Å². The van der Waals surface area contributed by atoms with Crippen molar-refractivity contribution < 1.29 is 9.59 Å². The average molecular weight is 526 g/mol. The minimum absolute atomic E-state index is 0.0143. The molecule has 3 aromatic carbocycles. The Kier molecular flexibility index (Phi) is 8.48. The minimum atomic E-state index is -0.627. The Morgan fingerprint density at radius 3 is 2.18 bits per heavy atom. The maximum absolute atomic E-state index is 13.2. The van der Waals surface area contributed by atoms with Crippen LogP contribution in [0.3, 0.4) is 0 Å². The Morgan fingerprint density at radius 2 is 1.53 bits per heavy atom. The van der Waals surface area contributed by atoms with Gasteiger partial charge in [-0.1, -0.05) is 90.5 Å².